The maximum Gasteiger partial charge on any atom is 0.363 e. The van der Waals surface area contributed by atoms with Gasteiger partial charge in [-0.05, 0) is 10.7 Å². The summed E-state index contributed by atoms with van der Waals surface area (Å²) in [6, 6.07) is 9.04. The molecule has 1 aromatic rings. The van der Waals surface area contributed by atoms with Gasteiger partial charge in [0.2, 0.25) is 0 Å². The van der Waals surface area contributed by atoms with Gasteiger partial charge in [-0.2, -0.15) is 0 Å². The standard InChI is InChI=1S/C12H15NO4/c1-9(2)12(13-16,11(14)15)17-8-10-6-4-3-5-7-10/h3-7,9H,8H2,1-2H3,(H,14,15)/t12-/m1/s1. The predicted molar refractivity (Wildman–Crippen MR) is 62.2 cm³/mol. The van der Waals surface area contributed by atoms with Crippen molar-refractivity contribution in [3.05, 3.63) is 40.8 Å². The lowest BCUT2D eigenvalue weighted by Gasteiger charge is -2.25. The summed E-state index contributed by atoms with van der Waals surface area (Å²) in [5.41, 5.74) is -1.22. The number of carboxylic acids is 1. The van der Waals surface area contributed by atoms with E-state index in [1.54, 1.807) is 26.0 Å². The molecule has 1 aromatic carbocycles. The van der Waals surface area contributed by atoms with E-state index in [1.807, 2.05) is 18.2 Å². The van der Waals surface area contributed by atoms with Crippen molar-refractivity contribution in [1.29, 1.82) is 0 Å². The first-order chi connectivity index (χ1) is 8.03. The second-order valence-corrected chi connectivity index (χ2v) is 4.02. The van der Waals surface area contributed by atoms with Crippen LogP contribution in [0.25, 0.3) is 0 Å². The molecule has 0 bridgehead atoms. The normalized spacial score (nSPS) is 14.3. The molecule has 0 spiro atoms. The van der Waals surface area contributed by atoms with Crippen LogP contribution in [0.1, 0.15) is 19.4 Å². The van der Waals surface area contributed by atoms with E-state index < -0.39 is 17.6 Å². The van der Waals surface area contributed by atoms with Crippen LogP contribution in [-0.4, -0.2) is 16.8 Å². The van der Waals surface area contributed by atoms with E-state index in [0.29, 0.717) is 0 Å². The molecule has 0 unspecified atom stereocenters. The zero-order chi connectivity index (χ0) is 12.9. The Morgan fingerprint density at radius 3 is 2.41 bits per heavy atom. The average molecular weight is 237 g/mol. The highest BCUT2D eigenvalue weighted by atomic mass is 16.6. The van der Waals surface area contributed by atoms with Crippen molar-refractivity contribution in [2.24, 2.45) is 11.1 Å². The van der Waals surface area contributed by atoms with Gasteiger partial charge in [0.15, 0.2) is 0 Å². The minimum absolute atomic E-state index is 0.0387. The van der Waals surface area contributed by atoms with Crippen molar-refractivity contribution in [2.45, 2.75) is 26.2 Å². The molecule has 5 heteroatoms. The Labute approximate surface area is 99.4 Å². The fourth-order valence-corrected chi connectivity index (χ4v) is 1.41. The van der Waals surface area contributed by atoms with E-state index in [4.69, 9.17) is 9.84 Å². The molecular formula is C12H15NO4. The summed E-state index contributed by atoms with van der Waals surface area (Å²) in [5.74, 6) is -1.90. The van der Waals surface area contributed by atoms with Crippen molar-refractivity contribution in [3.8, 4) is 0 Å². The Kier molecular flexibility index (Phi) is 4.34. The van der Waals surface area contributed by atoms with Crippen molar-refractivity contribution in [3.63, 3.8) is 0 Å². The molecule has 17 heavy (non-hydrogen) atoms. The van der Waals surface area contributed by atoms with Crippen LogP contribution in [0.5, 0.6) is 0 Å². The highest BCUT2D eigenvalue weighted by Gasteiger charge is 2.45. The molecule has 0 aromatic heterocycles. The van der Waals surface area contributed by atoms with Crippen LogP contribution in [-0.2, 0) is 16.1 Å². The smallest absolute Gasteiger partial charge is 0.363 e. The summed E-state index contributed by atoms with van der Waals surface area (Å²) in [6.45, 7) is 3.21. The largest absolute Gasteiger partial charge is 0.478 e. The molecule has 0 saturated carbocycles. The molecule has 1 atom stereocenters. The van der Waals surface area contributed by atoms with Crippen LogP contribution in [0.15, 0.2) is 35.5 Å². The number of rotatable bonds is 6. The number of benzene rings is 1. The van der Waals surface area contributed by atoms with Crippen LogP contribution in [0.2, 0.25) is 0 Å². The minimum Gasteiger partial charge on any atom is -0.478 e. The molecule has 0 amide bonds. The summed E-state index contributed by atoms with van der Waals surface area (Å²) in [6.07, 6.45) is 0. The monoisotopic (exact) mass is 237 g/mol. The number of nitrogens with zero attached hydrogens (tertiary/aromatic N) is 1. The minimum atomic E-state index is -2.02. The maximum absolute atomic E-state index is 11.1. The Balaban J connectivity index is 2.81. The molecule has 0 aliphatic rings. The van der Waals surface area contributed by atoms with Crippen molar-refractivity contribution in [1.82, 2.24) is 0 Å². The first kappa shape index (κ1) is 13.3. The number of carbonyl (C=O) groups is 1. The fraction of sp³-hybridized carbons (Fsp3) is 0.417. The summed E-state index contributed by atoms with van der Waals surface area (Å²) in [4.78, 5) is 21.9. The van der Waals surface area contributed by atoms with Gasteiger partial charge in [0.05, 0.1) is 6.61 Å². The zero-order valence-corrected chi connectivity index (χ0v) is 9.79. The summed E-state index contributed by atoms with van der Waals surface area (Å²) >= 11 is 0. The first-order valence-electron chi connectivity index (χ1n) is 5.28. The molecule has 0 radical (unpaired) electrons. The van der Waals surface area contributed by atoms with Gasteiger partial charge in [-0.15, -0.1) is 4.91 Å². The van der Waals surface area contributed by atoms with Crippen LogP contribution < -0.4 is 0 Å². The lowest BCUT2D eigenvalue weighted by molar-refractivity contribution is -0.174. The van der Waals surface area contributed by atoms with E-state index in [0.717, 1.165) is 5.56 Å². The molecule has 92 valence electrons. The highest BCUT2D eigenvalue weighted by Crippen LogP contribution is 2.25. The van der Waals surface area contributed by atoms with Crippen LogP contribution in [0.4, 0.5) is 0 Å². The number of nitroso groups, excluding NO2 is 1. The highest BCUT2D eigenvalue weighted by molar-refractivity contribution is 5.77. The van der Waals surface area contributed by atoms with Gasteiger partial charge in [0, 0.05) is 5.92 Å². The topological polar surface area (TPSA) is 76.0 Å². The third kappa shape index (κ3) is 2.88. The second-order valence-electron chi connectivity index (χ2n) is 4.02. The van der Waals surface area contributed by atoms with Gasteiger partial charge in [-0.1, -0.05) is 44.2 Å². The number of aliphatic carboxylic acids is 1. The number of hydrogen-bond donors (Lipinski definition) is 1. The molecule has 1 rings (SSSR count). The van der Waals surface area contributed by atoms with E-state index in [9.17, 15) is 9.70 Å². The summed E-state index contributed by atoms with van der Waals surface area (Å²) < 4.78 is 5.21. The number of carboxylic acid groups (broad SMARTS) is 1. The zero-order valence-electron chi connectivity index (χ0n) is 9.79. The molecule has 0 aliphatic heterocycles. The molecule has 0 saturated heterocycles. The van der Waals surface area contributed by atoms with Crippen molar-refractivity contribution in [2.75, 3.05) is 0 Å². The Hall–Kier alpha value is -1.75. The predicted octanol–water partition coefficient (Wildman–Crippen LogP) is 2.41. The molecule has 0 fully saturated rings. The molecule has 0 heterocycles. The van der Waals surface area contributed by atoms with Crippen molar-refractivity contribution < 1.29 is 14.6 Å². The Bertz CT molecular complexity index is 391. The van der Waals surface area contributed by atoms with E-state index >= 15 is 0 Å². The van der Waals surface area contributed by atoms with E-state index in [2.05, 4.69) is 5.18 Å². The van der Waals surface area contributed by atoms with Crippen molar-refractivity contribution >= 4 is 5.97 Å². The van der Waals surface area contributed by atoms with Gasteiger partial charge in [0.25, 0.3) is 0 Å². The van der Waals surface area contributed by atoms with Gasteiger partial charge >= 0.3 is 11.7 Å². The number of hydrogen-bond acceptors (Lipinski definition) is 4. The van der Waals surface area contributed by atoms with Crippen LogP contribution in [0, 0.1) is 10.8 Å². The lowest BCUT2D eigenvalue weighted by atomic mass is 10.0. The quantitative estimate of drug-likeness (QED) is 0.771. The van der Waals surface area contributed by atoms with Gasteiger partial charge in [0.1, 0.15) is 0 Å². The molecule has 1 N–H and O–H groups in total. The van der Waals surface area contributed by atoms with Gasteiger partial charge < -0.3 is 9.84 Å². The summed E-state index contributed by atoms with van der Waals surface area (Å²) in [5, 5.41) is 11.7. The number of ether oxygens (including phenoxy) is 1. The second kappa shape index (κ2) is 5.54. The molecule has 5 nitrogen and oxygen atoms in total. The van der Waals surface area contributed by atoms with Gasteiger partial charge in [-0.3, -0.25) is 0 Å². The van der Waals surface area contributed by atoms with Crippen LogP contribution in [0.3, 0.4) is 0 Å². The average Bonchev–Trinajstić information content (AvgIpc) is 2.31. The third-order valence-corrected chi connectivity index (χ3v) is 2.53. The Morgan fingerprint density at radius 2 is 2.00 bits per heavy atom. The lowest BCUT2D eigenvalue weighted by Crippen LogP contribution is -2.44. The Morgan fingerprint density at radius 1 is 1.41 bits per heavy atom. The van der Waals surface area contributed by atoms with E-state index in [-0.39, 0.29) is 6.61 Å². The molecular weight excluding hydrogens is 222 g/mol. The van der Waals surface area contributed by atoms with E-state index in [1.165, 1.54) is 0 Å². The molecule has 0 aliphatic carbocycles. The van der Waals surface area contributed by atoms with Gasteiger partial charge in [-0.25, -0.2) is 4.79 Å². The fourth-order valence-electron chi connectivity index (χ4n) is 1.41. The SMILES string of the molecule is CC(C)[C@@](N=O)(OCc1ccccc1)C(=O)O. The first-order valence-corrected chi connectivity index (χ1v) is 5.28. The van der Waals surface area contributed by atoms with Crippen LogP contribution >= 0.6 is 0 Å². The summed E-state index contributed by atoms with van der Waals surface area (Å²) in [7, 11) is 0. The third-order valence-electron chi connectivity index (χ3n) is 2.53. The maximum atomic E-state index is 11.1.